The lowest BCUT2D eigenvalue weighted by Gasteiger charge is -2.31. The number of hydrogen-bond acceptors (Lipinski definition) is 4. The summed E-state index contributed by atoms with van der Waals surface area (Å²) in [6.07, 6.45) is -2.86. The smallest absolute Gasteiger partial charge is 0.324 e. The van der Waals surface area contributed by atoms with Crippen molar-refractivity contribution in [3.05, 3.63) is 64.9 Å². The maximum absolute atomic E-state index is 14.0. The first-order chi connectivity index (χ1) is 14.8. The number of alkyl halides is 3. The van der Waals surface area contributed by atoms with Gasteiger partial charge in [0.2, 0.25) is 0 Å². The molecule has 1 aliphatic rings. The van der Waals surface area contributed by atoms with Gasteiger partial charge < -0.3 is 10.2 Å². The molecule has 2 amide bonds. The van der Waals surface area contributed by atoms with Crippen LogP contribution >= 0.6 is 11.3 Å². The summed E-state index contributed by atoms with van der Waals surface area (Å²) < 4.78 is 52.1. The molecule has 0 aliphatic carbocycles. The van der Waals surface area contributed by atoms with Crippen molar-refractivity contribution in [2.24, 2.45) is 0 Å². The largest absolute Gasteiger partial charge is 0.416 e. The van der Waals surface area contributed by atoms with E-state index < -0.39 is 11.7 Å². The lowest BCUT2D eigenvalue weighted by Crippen LogP contribution is -2.41. The van der Waals surface area contributed by atoms with Gasteiger partial charge in [0, 0.05) is 30.3 Å². The molecule has 1 aliphatic heterocycles. The van der Waals surface area contributed by atoms with E-state index in [1.807, 2.05) is 0 Å². The summed E-state index contributed by atoms with van der Waals surface area (Å²) in [4.78, 5) is 14.2. The summed E-state index contributed by atoms with van der Waals surface area (Å²) in [5, 5.41) is 12.2. The predicted molar refractivity (Wildman–Crippen MR) is 109 cm³/mol. The molecule has 0 bridgehead atoms. The van der Waals surface area contributed by atoms with E-state index in [1.54, 1.807) is 23.1 Å². The molecule has 0 spiro atoms. The van der Waals surface area contributed by atoms with Gasteiger partial charge in [-0.3, -0.25) is 0 Å². The van der Waals surface area contributed by atoms with E-state index in [9.17, 15) is 22.4 Å². The number of halogens is 4. The Balaban J connectivity index is 1.42. The molecule has 1 aromatic heterocycles. The summed E-state index contributed by atoms with van der Waals surface area (Å²) in [6.45, 7) is 0.931. The molecule has 5 nitrogen and oxygen atoms in total. The monoisotopic (exact) mass is 450 g/mol. The van der Waals surface area contributed by atoms with Crippen LogP contribution in [0.4, 0.5) is 28.0 Å². The van der Waals surface area contributed by atoms with E-state index in [-0.39, 0.29) is 23.5 Å². The number of amides is 2. The normalized spacial score (nSPS) is 16.9. The molecule has 1 saturated heterocycles. The lowest BCUT2D eigenvalue weighted by molar-refractivity contribution is -0.137. The molecule has 1 N–H and O–H groups in total. The Labute approximate surface area is 179 Å². The maximum atomic E-state index is 14.0. The van der Waals surface area contributed by atoms with Gasteiger partial charge in [-0.05, 0) is 49.2 Å². The number of aromatic nitrogens is 2. The molecular weight excluding hydrogens is 432 g/mol. The number of hydrogen-bond donors (Lipinski definition) is 1. The molecule has 0 radical (unpaired) electrons. The second kappa shape index (κ2) is 8.62. The van der Waals surface area contributed by atoms with E-state index in [4.69, 9.17) is 0 Å². The van der Waals surface area contributed by atoms with Crippen LogP contribution in [0, 0.1) is 5.82 Å². The highest BCUT2D eigenvalue weighted by atomic mass is 32.1. The molecule has 31 heavy (non-hydrogen) atoms. The minimum absolute atomic E-state index is 0.0369. The molecule has 2 heterocycles. The van der Waals surface area contributed by atoms with Crippen LogP contribution in [0.5, 0.6) is 0 Å². The first-order valence-electron chi connectivity index (χ1n) is 9.63. The van der Waals surface area contributed by atoms with Crippen molar-refractivity contribution in [1.29, 1.82) is 0 Å². The molecule has 162 valence electrons. The van der Waals surface area contributed by atoms with Gasteiger partial charge >= 0.3 is 12.2 Å². The molecule has 1 unspecified atom stereocenters. The van der Waals surface area contributed by atoms with Gasteiger partial charge in [0.1, 0.15) is 10.8 Å². The topological polar surface area (TPSA) is 58.1 Å². The van der Waals surface area contributed by atoms with Gasteiger partial charge in [0.15, 0.2) is 5.01 Å². The number of nitrogens with zero attached hydrogens (tertiary/aromatic N) is 3. The number of nitrogens with one attached hydrogen (secondary N) is 1. The van der Waals surface area contributed by atoms with Crippen LogP contribution in [0.2, 0.25) is 0 Å². The Morgan fingerprint density at radius 3 is 2.55 bits per heavy atom. The summed E-state index contributed by atoms with van der Waals surface area (Å²) in [7, 11) is 0. The Morgan fingerprint density at radius 1 is 1.10 bits per heavy atom. The third-order valence-electron chi connectivity index (χ3n) is 5.07. The van der Waals surface area contributed by atoms with Crippen molar-refractivity contribution < 1.29 is 22.4 Å². The van der Waals surface area contributed by atoms with Gasteiger partial charge in [0.05, 0.1) is 5.56 Å². The highest BCUT2D eigenvalue weighted by molar-refractivity contribution is 7.14. The van der Waals surface area contributed by atoms with Crippen molar-refractivity contribution in [2.45, 2.75) is 24.9 Å². The van der Waals surface area contributed by atoms with Crippen LogP contribution in [0.1, 0.15) is 29.3 Å². The highest BCUT2D eigenvalue weighted by Crippen LogP contribution is 2.34. The molecule has 2 aromatic carbocycles. The fraction of sp³-hybridized carbons (Fsp3) is 0.286. The first kappa shape index (κ1) is 21.2. The fourth-order valence-corrected chi connectivity index (χ4v) is 4.45. The third-order valence-corrected chi connectivity index (χ3v) is 6.19. The number of urea groups is 1. The van der Waals surface area contributed by atoms with Crippen LogP contribution in [-0.2, 0) is 6.18 Å². The second-order valence-corrected chi connectivity index (χ2v) is 8.22. The summed E-state index contributed by atoms with van der Waals surface area (Å²) in [5.41, 5.74) is -0.0951. The number of carbonyl (C=O) groups is 1. The molecule has 1 fully saturated rings. The third kappa shape index (κ3) is 4.84. The fourth-order valence-electron chi connectivity index (χ4n) is 3.45. The number of anilines is 1. The molecule has 4 rings (SSSR count). The van der Waals surface area contributed by atoms with Gasteiger partial charge in [-0.25, -0.2) is 9.18 Å². The SMILES string of the molecule is O=C(Nc1ccc(C(F)(F)F)cc1)N1CCCC(c2nnc(-c3ccccc3F)s2)C1. The minimum Gasteiger partial charge on any atom is -0.324 e. The maximum Gasteiger partial charge on any atom is 0.416 e. The molecule has 10 heteroatoms. The number of rotatable bonds is 3. The van der Waals surface area contributed by atoms with Crippen LogP contribution < -0.4 is 5.32 Å². The van der Waals surface area contributed by atoms with Crippen LogP contribution in [0.3, 0.4) is 0 Å². The van der Waals surface area contributed by atoms with Crippen molar-refractivity contribution in [3.63, 3.8) is 0 Å². The zero-order valence-corrected chi connectivity index (χ0v) is 17.0. The van der Waals surface area contributed by atoms with Crippen LogP contribution in [0.15, 0.2) is 48.5 Å². The van der Waals surface area contributed by atoms with Gasteiger partial charge in [-0.1, -0.05) is 23.5 Å². The Kier molecular flexibility index (Phi) is 5.90. The van der Waals surface area contributed by atoms with E-state index in [1.165, 1.54) is 29.5 Å². The number of likely N-dealkylation sites (tertiary alicyclic amines) is 1. The van der Waals surface area contributed by atoms with Crippen LogP contribution in [0.25, 0.3) is 10.6 Å². The van der Waals surface area contributed by atoms with Crippen molar-refractivity contribution in [2.75, 3.05) is 18.4 Å². The molecule has 3 aromatic rings. The standard InChI is InChI=1S/C21H18F4N4OS/c22-17-6-2-1-5-16(17)19-28-27-18(31-19)13-4-3-11-29(12-13)20(30)26-15-9-7-14(8-10-15)21(23,24)25/h1-2,5-10,13H,3-4,11-12H2,(H,26,30). The summed E-state index contributed by atoms with van der Waals surface area (Å²) in [6, 6.07) is 10.3. The average molecular weight is 450 g/mol. The Morgan fingerprint density at radius 2 is 1.84 bits per heavy atom. The first-order valence-corrected chi connectivity index (χ1v) is 10.4. The lowest BCUT2D eigenvalue weighted by atomic mass is 9.99. The Hall–Kier alpha value is -3.01. The minimum atomic E-state index is -4.42. The number of benzene rings is 2. The van der Waals surface area contributed by atoms with Crippen molar-refractivity contribution in [1.82, 2.24) is 15.1 Å². The summed E-state index contributed by atoms with van der Waals surface area (Å²) >= 11 is 1.30. The van der Waals surface area contributed by atoms with E-state index >= 15 is 0 Å². The number of carbonyl (C=O) groups excluding carboxylic acids is 1. The summed E-state index contributed by atoms with van der Waals surface area (Å²) in [5.74, 6) is -0.406. The van der Waals surface area contributed by atoms with E-state index in [2.05, 4.69) is 15.5 Å². The molecule has 0 saturated carbocycles. The molecule has 1 atom stereocenters. The van der Waals surface area contributed by atoms with Crippen molar-refractivity contribution >= 4 is 23.1 Å². The quantitative estimate of drug-likeness (QED) is 0.515. The Bertz CT molecular complexity index is 1070. The highest BCUT2D eigenvalue weighted by Gasteiger charge is 2.30. The van der Waals surface area contributed by atoms with E-state index in [0.717, 1.165) is 30.0 Å². The van der Waals surface area contributed by atoms with Gasteiger partial charge in [0.25, 0.3) is 0 Å². The van der Waals surface area contributed by atoms with Crippen molar-refractivity contribution in [3.8, 4) is 10.6 Å². The van der Waals surface area contributed by atoms with E-state index in [0.29, 0.717) is 23.7 Å². The average Bonchev–Trinajstić information content (AvgIpc) is 3.24. The van der Waals surface area contributed by atoms with Crippen LogP contribution in [-0.4, -0.2) is 34.2 Å². The molecular formula is C21H18F4N4OS. The number of piperidine rings is 1. The zero-order valence-electron chi connectivity index (χ0n) is 16.2. The van der Waals surface area contributed by atoms with Gasteiger partial charge in [-0.2, -0.15) is 13.2 Å². The zero-order chi connectivity index (χ0) is 22.0. The van der Waals surface area contributed by atoms with Gasteiger partial charge in [-0.15, -0.1) is 10.2 Å². The predicted octanol–water partition coefficient (Wildman–Crippen LogP) is 5.77. The second-order valence-electron chi connectivity index (χ2n) is 7.22.